The summed E-state index contributed by atoms with van der Waals surface area (Å²) in [6, 6.07) is 0.358. The molecule has 0 spiro atoms. The molecule has 0 aromatic rings. The van der Waals surface area contributed by atoms with Gasteiger partial charge in [0, 0.05) is 12.6 Å². The Morgan fingerprint density at radius 3 is 3.00 bits per heavy atom. The van der Waals surface area contributed by atoms with Crippen LogP contribution < -0.4 is 5.73 Å². The van der Waals surface area contributed by atoms with E-state index in [1.54, 1.807) is 0 Å². The van der Waals surface area contributed by atoms with Gasteiger partial charge in [-0.1, -0.05) is 0 Å². The maximum Gasteiger partial charge on any atom is 0.0576 e. The van der Waals surface area contributed by atoms with Crippen LogP contribution in [0.5, 0.6) is 0 Å². The van der Waals surface area contributed by atoms with Gasteiger partial charge in [-0.15, -0.1) is 0 Å². The molecule has 1 aliphatic rings. The summed E-state index contributed by atoms with van der Waals surface area (Å²) in [5.41, 5.74) is 5.64. The van der Waals surface area contributed by atoms with Crippen molar-refractivity contribution in [2.24, 2.45) is 5.73 Å². The zero-order valence-corrected chi connectivity index (χ0v) is 7.38. The van der Waals surface area contributed by atoms with Crippen molar-refractivity contribution >= 4 is 0 Å². The van der Waals surface area contributed by atoms with Crippen LogP contribution in [0.15, 0.2) is 0 Å². The Morgan fingerprint density at radius 2 is 2.45 bits per heavy atom. The first kappa shape index (κ1) is 9.01. The van der Waals surface area contributed by atoms with Crippen LogP contribution in [0.1, 0.15) is 39.0 Å². The average Bonchev–Trinajstić information content (AvgIpc) is 2.39. The molecule has 2 atom stereocenters. The highest BCUT2D eigenvalue weighted by atomic mass is 16.5. The van der Waals surface area contributed by atoms with E-state index < -0.39 is 0 Å². The maximum atomic E-state index is 5.64. The molecule has 1 aliphatic heterocycles. The summed E-state index contributed by atoms with van der Waals surface area (Å²) in [7, 11) is 0. The van der Waals surface area contributed by atoms with Gasteiger partial charge < -0.3 is 10.5 Å². The minimum Gasteiger partial charge on any atom is -0.378 e. The molecular formula is C9H19NO. The Balaban J connectivity index is 1.94. The summed E-state index contributed by atoms with van der Waals surface area (Å²) in [5, 5.41) is 0. The Hall–Kier alpha value is -0.0800. The van der Waals surface area contributed by atoms with Gasteiger partial charge in [0.2, 0.25) is 0 Å². The lowest BCUT2D eigenvalue weighted by atomic mass is 10.1. The maximum absolute atomic E-state index is 5.64. The van der Waals surface area contributed by atoms with Crippen LogP contribution in [-0.4, -0.2) is 18.8 Å². The first-order valence-electron chi connectivity index (χ1n) is 4.66. The number of nitrogens with two attached hydrogens (primary N) is 1. The normalized spacial score (nSPS) is 27.3. The van der Waals surface area contributed by atoms with Crippen LogP contribution in [0.25, 0.3) is 0 Å². The van der Waals surface area contributed by atoms with Crippen molar-refractivity contribution in [3.63, 3.8) is 0 Å². The van der Waals surface area contributed by atoms with Gasteiger partial charge in [-0.05, 0) is 39.0 Å². The molecule has 0 amide bonds. The summed E-state index contributed by atoms with van der Waals surface area (Å²) >= 11 is 0. The molecular weight excluding hydrogens is 138 g/mol. The fraction of sp³-hybridized carbons (Fsp3) is 1.00. The third-order valence-electron chi connectivity index (χ3n) is 2.21. The van der Waals surface area contributed by atoms with Gasteiger partial charge in [-0.2, -0.15) is 0 Å². The topological polar surface area (TPSA) is 35.2 Å². The minimum absolute atomic E-state index is 0.358. The Labute approximate surface area is 69.1 Å². The summed E-state index contributed by atoms with van der Waals surface area (Å²) in [6.07, 6.45) is 6.64. The van der Waals surface area contributed by atoms with Crippen molar-refractivity contribution in [1.82, 2.24) is 0 Å². The highest BCUT2D eigenvalue weighted by molar-refractivity contribution is 4.65. The molecule has 1 saturated heterocycles. The molecule has 0 aromatic heterocycles. The van der Waals surface area contributed by atoms with Gasteiger partial charge in [0.05, 0.1) is 6.10 Å². The summed E-state index contributed by atoms with van der Waals surface area (Å²) in [4.78, 5) is 0. The second-order valence-electron chi connectivity index (χ2n) is 3.54. The van der Waals surface area contributed by atoms with Crippen molar-refractivity contribution in [1.29, 1.82) is 0 Å². The van der Waals surface area contributed by atoms with E-state index in [-0.39, 0.29) is 0 Å². The number of hydrogen-bond donors (Lipinski definition) is 1. The van der Waals surface area contributed by atoms with Crippen LogP contribution in [-0.2, 0) is 4.74 Å². The van der Waals surface area contributed by atoms with Crippen LogP contribution in [0, 0.1) is 0 Å². The molecule has 1 heterocycles. The Morgan fingerprint density at radius 1 is 1.64 bits per heavy atom. The smallest absolute Gasteiger partial charge is 0.0576 e. The van der Waals surface area contributed by atoms with E-state index in [1.165, 1.54) is 25.7 Å². The van der Waals surface area contributed by atoms with E-state index in [1.807, 2.05) is 0 Å². The van der Waals surface area contributed by atoms with Gasteiger partial charge in [-0.3, -0.25) is 0 Å². The highest BCUT2D eigenvalue weighted by Gasteiger charge is 2.14. The van der Waals surface area contributed by atoms with Crippen LogP contribution >= 0.6 is 0 Å². The van der Waals surface area contributed by atoms with E-state index >= 15 is 0 Å². The molecule has 1 rings (SSSR count). The molecule has 0 aromatic carbocycles. The van der Waals surface area contributed by atoms with Crippen LogP contribution in [0.2, 0.25) is 0 Å². The third-order valence-corrected chi connectivity index (χ3v) is 2.21. The fourth-order valence-electron chi connectivity index (χ4n) is 1.54. The highest BCUT2D eigenvalue weighted by Crippen LogP contribution is 2.17. The van der Waals surface area contributed by atoms with E-state index in [4.69, 9.17) is 10.5 Å². The summed E-state index contributed by atoms with van der Waals surface area (Å²) in [5.74, 6) is 0. The van der Waals surface area contributed by atoms with Crippen molar-refractivity contribution in [2.75, 3.05) is 6.61 Å². The Bertz CT molecular complexity index is 97.7. The third kappa shape index (κ3) is 3.73. The lowest BCUT2D eigenvalue weighted by Crippen LogP contribution is -2.15. The predicted molar refractivity (Wildman–Crippen MR) is 46.5 cm³/mol. The van der Waals surface area contributed by atoms with E-state index in [0.29, 0.717) is 12.1 Å². The van der Waals surface area contributed by atoms with Crippen LogP contribution in [0.4, 0.5) is 0 Å². The number of ether oxygens (including phenoxy) is 1. The SMILES string of the molecule is CC(N)CCCC1CCCO1. The quantitative estimate of drug-likeness (QED) is 0.674. The largest absolute Gasteiger partial charge is 0.378 e. The molecule has 0 radical (unpaired) electrons. The lowest BCUT2D eigenvalue weighted by Gasteiger charge is -2.09. The summed E-state index contributed by atoms with van der Waals surface area (Å²) < 4.78 is 5.49. The van der Waals surface area contributed by atoms with Crippen molar-refractivity contribution in [2.45, 2.75) is 51.2 Å². The molecule has 1 fully saturated rings. The van der Waals surface area contributed by atoms with Gasteiger partial charge in [0.15, 0.2) is 0 Å². The second-order valence-corrected chi connectivity index (χ2v) is 3.54. The molecule has 2 unspecified atom stereocenters. The minimum atomic E-state index is 0.358. The lowest BCUT2D eigenvalue weighted by molar-refractivity contribution is 0.102. The molecule has 0 aliphatic carbocycles. The van der Waals surface area contributed by atoms with Crippen LogP contribution in [0.3, 0.4) is 0 Å². The van der Waals surface area contributed by atoms with Gasteiger partial charge in [0.1, 0.15) is 0 Å². The van der Waals surface area contributed by atoms with E-state index in [2.05, 4.69) is 6.92 Å². The first-order valence-corrected chi connectivity index (χ1v) is 4.66. The fourth-order valence-corrected chi connectivity index (χ4v) is 1.54. The van der Waals surface area contributed by atoms with Crippen molar-refractivity contribution in [3.8, 4) is 0 Å². The zero-order valence-electron chi connectivity index (χ0n) is 7.38. The molecule has 0 saturated carbocycles. The van der Waals surface area contributed by atoms with Gasteiger partial charge in [0.25, 0.3) is 0 Å². The van der Waals surface area contributed by atoms with Crippen molar-refractivity contribution < 1.29 is 4.74 Å². The molecule has 2 heteroatoms. The molecule has 66 valence electrons. The molecule has 2 nitrogen and oxygen atoms in total. The van der Waals surface area contributed by atoms with E-state index in [9.17, 15) is 0 Å². The van der Waals surface area contributed by atoms with E-state index in [0.717, 1.165) is 13.0 Å². The zero-order chi connectivity index (χ0) is 8.10. The predicted octanol–water partition coefficient (Wildman–Crippen LogP) is 1.68. The summed E-state index contributed by atoms with van der Waals surface area (Å²) in [6.45, 7) is 3.04. The number of rotatable bonds is 4. The first-order chi connectivity index (χ1) is 5.29. The Kier molecular flexibility index (Phi) is 3.87. The van der Waals surface area contributed by atoms with Gasteiger partial charge in [-0.25, -0.2) is 0 Å². The molecule has 2 N–H and O–H groups in total. The number of hydrogen-bond acceptors (Lipinski definition) is 2. The van der Waals surface area contributed by atoms with Crippen molar-refractivity contribution in [3.05, 3.63) is 0 Å². The standard InChI is InChI=1S/C9H19NO/c1-8(10)4-2-5-9-6-3-7-11-9/h8-9H,2-7,10H2,1H3. The van der Waals surface area contributed by atoms with Gasteiger partial charge >= 0.3 is 0 Å². The average molecular weight is 157 g/mol. The monoisotopic (exact) mass is 157 g/mol. The second kappa shape index (κ2) is 4.73. The molecule has 0 bridgehead atoms. The molecule has 11 heavy (non-hydrogen) atoms.